The molecule has 0 unspecified atom stereocenters. The van der Waals surface area contributed by atoms with Crippen LogP contribution in [0.3, 0.4) is 0 Å². The van der Waals surface area contributed by atoms with E-state index >= 15 is 0 Å². The average molecular weight is 262 g/mol. The summed E-state index contributed by atoms with van der Waals surface area (Å²) in [7, 11) is 3.54. The molecule has 2 rings (SSSR count). The van der Waals surface area contributed by atoms with Crippen LogP contribution in [-0.4, -0.2) is 37.6 Å². The number of methoxy groups -OCH3 is 1. The van der Waals surface area contributed by atoms with Crippen LogP contribution in [0.25, 0.3) is 0 Å². The second-order valence-corrected chi connectivity index (χ2v) is 5.12. The minimum atomic E-state index is 0.131. The van der Waals surface area contributed by atoms with Crippen molar-refractivity contribution in [1.29, 1.82) is 0 Å². The van der Waals surface area contributed by atoms with Crippen LogP contribution < -0.4 is 10.1 Å². The Balaban J connectivity index is 1.85. The zero-order valence-corrected chi connectivity index (χ0v) is 11.8. The van der Waals surface area contributed by atoms with Crippen molar-refractivity contribution in [1.82, 2.24) is 10.2 Å². The summed E-state index contributed by atoms with van der Waals surface area (Å²) >= 11 is 0. The van der Waals surface area contributed by atoms with Gasteiger partial charge in [0, 0.05) is 19.1 Å². The number of nitrogens with zero attached hydrogens (tertiary/aromatic N) is 1. The topological polar surface area (TPSA) is 41.6 Å². The van der Waals surface area contributed by atoms with Crippen molar-refractivity contribution in [2.24, 2.45) is 0 Å². The molecule has 0 radical (unpaired) electrons. The van der Waals surface area contributed by atoms with Gasteiger partial charge in [0.2, 0.25) is 5.91 Å². The van der Waals surface area contributed by atoms with Gasteiger partial charge in [0.05, 0.1) is 13.7 Å². The van der Waals surface area contributed by atoms with Crippen molar-refractivity contribution < 1.29 is 9.53 Å². The third-order valence-electron chi connectivity index (χ3n) is 3.64. The van der Waals surface area contributed by atoms with Crippen molar-refractivity contribution in [3.63, 3.8) is 0 Å². The first-order valence-corrected chi connectivity index (χ1v) is 6.75. The van der Waals surface area contributed by atoms with Crippen LogP contribution >= 0.6 is 0 Å². The van der Waals surface area contributed by atoms with Gasteiger partial charge in [-0.3, -0.25) is 4.79 Å². The van der Waals surface area contributed by atoms with Gasteiger partial charge < -0.3 is 15.0 Å². The number of benzene rings is 1. The van der Waals surface area contributed by atoms with Crippen molar-refractivity contribution in [3.8, 4) is 5.75 Å². The summed E-state index contributed by atoms with van der Waals surface area (Å²) in [6.45, 7) is 2.44. The van der Waals surface area contributed by atoms with Gasteiger partial charge >= 0.3 is 0 Å². The van der Waals surface area contributed by atoms with E-state index < -0.39 is 0 Å². The maximum atomic E-state index is 11.9. The monoisotopic (exact) mass is 262 g/mol. The third-order valence-corrected chi connectivity index (χ3v) is 3.64. The van der Waals surface area contributed by atoms with Crippen LogP contribution in [0.2, 0.25) is 0 Å². The highest BCUT2D eigenvalue weighted by atomic mass is 16.5. The van der Waals surface area contributed by atoms with E-state index in [2.05, 4.69) is 12.2 Å². The van der Waals surface area contributed by atoms with E-state index in [1.807, 2.05) is 36.2 Å². The molecule has 1 aromatic carbocycles. The Morgan fingerprint density at radius 3 is 2.89 bits per heavy atom. The molecule has 104 valence electrons. The SMILES string of the molecule is COc1cccc([C@H](C)NCC(=O)N(C)C2CC2)c1. The quantitative estimate of drug-likeness (QED) is 0.852. The highest BCUT2D eigenvalue weighted by Crippen LogP contribution is 2.25. The van der Waals surface area contributed by atoms with Gasteiger partial charge in [-0.15, -0.1) is 0 Å². The molecule has 0 spiro atoms. The first-order chi connectivity index (χ1) is 9.11. The first kappa shape index (κ1) is 13.9. The molecule has 1 atom stereocenters. The van der Waals surface area contributed by atoms with Gasteiger partial charge in [-0.05, 0) is 37.5 Å². The fourth-order valence-corrected chi connectivity index (χ4v) is 2.06. The van der Waals surface area contributed by atoms with Gasteiger partial charge in [0.25, 0.3) is 0 Å². The van der Waals surface area contributed by atoms with Crippen LogP contribution in [0, 0.1) is 0 Å². The lowest BCUT2D eigenvalue weighted by atomic mass is 10.1. The van der Waals surface area contributed by atoms with E-state index in [1.165, 1.54) is 0 Å². The second kappa shape index (κ2) is 6.06. The van der Waals surface area contributed by atoms with Gasteiger partial charge in [-0.25, -0.2) is 0 Å². The summed E-state index contributed by atoms with van der Waals surface area (Å²) in [5.41, 5.74) is 1.13. The molecule has 1 fully saturated rings. The lowest BCUT2D eigenvalue weighted by molar-refractivity contribution is -0.129. The fourth-order valence-electron chi connectivity index (χ4n) is 2.06. The van der Waals surface area contributed by atoms with Crippen molar-refractivity contribution in [2.75, 3.05) is 20.7 Å². The molecular formula is C15H22N2O2. The molecule has 1 saturated carbocycles. The number of amides is 1. The van der Waals surface area contributed by atoms with Crippen LogP contribution in [0.15, 0.2) is 24.3 Å². The molecule has 4 heteroatoms. The Kier molecular flexibility index (Phi) is 4.43. The number of likely N-dealkylation sites (N-methyl/N-ethyl adjacent to an activating group) is 1. The summed E-state index contributed by atoms with van der Waals surface area (Å²) in [4.78, 5) is 13.8. The molecule has 4 nitrogen and oxygen atoms in total. The largest absolute Gasteiger partial charge is 0.497 e. The van der Waals surface area contributed by atoms with Crippen LogP contribution in [0.5, 0.6) is 5.75 Å². The summed E-state index contributed by atoms with van der Waals surface area (Å²) < 4.78 is 5.21. The first-order valence-electron chi connectivity index (χ1n) is 6.75. The maximum absolute atomic E-state index is 11.9. The molecule has 0 heterocycles. The smallest absolute Gasteiger partial charge is 0.236 e. The molecule has 1 aliphatic carbocycles. The molecule has 0 aliphatic heterocycles. The van der Waals surface area contributed by atoms with E-state index in [4.69, 9.17) is 4.74 Å². The van der Waals surface area contributed by atoms with Crippen LogP contribution in [0.4, 0.5) is 0 Å². The van der Waals surface area contributed by atoms with E-state index in [9.17, 15) is 4.79 Å². The van der Waals surface area contributed by atoms with Crippen LogP contribution in [0.1, 0.15) is 31.4 Å². The van der Waals surface area contributed by atoms with Crippen molar-refractivity contribution in [3.05, 3.63) is 29.8 Å². The Morgan fingerprint density at radius 1 is 1.53 bits per heavy atom. The Morgan fingerprint density at radius 2 is 2.26 bits per heavy atom. The normalized spacial score (nSPS) is 15.9. The minimum absolute atomic E-state index is 0.131. The molecule has 1 amide bonds. The van der Waals surface area contributed by atoms with Gasteiger partial charge in [0.15, 0.2) is 0 Å². The molecule has 1 aliphatic rings. The third kappa shape index (κ3) is 3.70. The molecule has 0 bridgehead atoms. The lowest BCUT2D eigenvalue weighted by Crippen LogP contribution is -2.37. The zero-order valence-electron chi connectivity index (χ0n) is 11.8. The Bertz CT molecular complexity index is 444. The zero-order chi connectivity index (χ0) is 13.8. The molecular weight excluding hydrogens is 240 g/mol. The van der Waals surface area contributed by atoms with Gasteiger partial charge in [0.1, 0.15) is 5.75 Å². The fraction of sp³-hybridized carbons (Fsp3) is 0.533. The van der Waals surface area contributed by atoms with E-state index in [-0.39, 0.29) is 11.9 Å². The van der Waals surface area contributed by atoms with E-state index in [0.717, 1.165) is 24.2 Å². The summed E-state index contributed by atoms with van der Waals surface area (Å²) in [5.74, 6) is 1.00. The minimum Gasteiger partial charge on any atom is -0.497 e. The van der Waals surface area contributed by atoms with Gasteiger partial charge in [-0.1, -0.05) is 12.1 Å². The number of ether oxygens (including phenoxy) is 1. The number of hydrogen-bond acceptors (Lipinski definition) is 3. The highest BCUT2D eigenvalue weighted by molar-refractivity contribution is 5.78. The molecule has 0 saturated heterocycles. The number of nitrogens with one attached hydrogen (secondary N) is 1. The number of rotatable bonds is 6. The average Bonchev–Trinajstić information content (AvgIpc) is 3.28. The van der Waals surface area contributed by atoms with Crippen LogP contribution in [-0.2, 0) is 4.79 Å². The lowest BCUT2D eigenvalue weighted by Gasteiger charge is -2.19. The predicted molar refractivity (Wildman–Crippen MR) is 75.2 cm³/mol. The predicted octanol–water partition coefficient (Wildman–Crippen LogP) is 1.97. The molecule has 1 aromatic rings. The number of carbonyl (C=O) groups is 1. The van der Waals surface area contributed by atoms with E-state index in [1.54, 1.807) is 7.11 Å². The standard InChI is InChI=1S/C15H22N2O2/c1-11(12-5-4-6-14(9-12)19-3)16-10-15(18)17(2)13-7-8-13/h4-6,9,11,13,16H,7-8,10H2,1-3H3/t11-/m0/s1. The molecule has 19 heavy (non-hydrogen) atoms. The van der Waals surface area contributed by atoms with Crippen molar-refractivity contribution >= 4 is 5.91 Å². The number of hydrogen-bond donors (Lipinski definition) is 1. The molecule has 1 N–H and O–H groups in total. The Hall–Kier alpha value is -1.55. The summed E-state index contributed by atoms with van der Waals surface area (Å²) in [6.07, 6.45) is 2.29. The highest BCUT2D eigenvalue weighted by Gasteiger charge is 2.29. The summed E-state index contributed by atoms with van der Waals surface area (Å²) in [6, 6.07) is 8.52. The second-order valence-electron chi connectivity index (χ2n) is 5.12. The molecule has 0 aromatic heterocycles. The van der Waals surface area contributed by atoms with Gasteiger partial charge in [-0.2, -0.15) is 0 Å². The maximum Gasteiger partial charge on any atom is 0.236 e. The summed E-state index contributed by atoms with van der Waals surface area (Å²) in [5, 5.41) is 3.27. The van der Waals surface area contributed by atoms with E-state index in [0.29, 0.717) is 12.6 Å². The Labute approximate surface area is 114 Å². The number of carbonyl (C=O) groups excluding carboxylic acids is 1. The van der Waals surface area contributed by atoms with Crippen molar-refractivity contribution in [2.45, 2.75) is 31.8 Å².